The molecule has 5 nitrogen and oxygen atoms in total. The van der Waals surface area contributed by atoms with Gasteiger partial charge in [0, 0.05) is 29.2 Å². The number of ether oxygens (including phenoxy) is 1. The Hall–Kier alpha value is -3.87. The average Bonchev–Trinajstić information content (AvgIpc) is 3.19. The molecule has 0 saturated heterocycles. The molecule has 2 N–H and O–H groups in total. The number of aromatic nitrogens is 1. The Morgan fingerprint density at radius 2 is 1.88 bits per heavy atom. The average molecular weight is 433 g/mol. The van der Waals surface area contributed by atoms with Gasteiger partial charge < -0.3 is 19.9 Å². The minimum absolute atomic E-state index is 0.0627. The molecule has 2 heterocycles. The molecule has 1 aliphatic rings. The number of fused-ring (bicyclic) bond motifs is 3. The van der Waals surface area contributed by atoms with E-state index in [1.165, 1.54) is 11.6 Å². The largest absolute Gasteiger partial charge is 0.497 e. The molecule has 1 aliphatic heterocycles. The van der Waals surface area contributed by atoms with Gasteiger partial charge in [-0.25, -0.2) is 13.6 Å². The van der Waals surface area contributed by atoms with Crippen LogP contribution >= 0.6 is 0 Å². The summed E-state index contributed by atoms with van der Waals surface area (Å²) < 4.78 is 32.7. The molecule has 32 heavy (non-hydrogen) atoms. The molecule has 0 aliphatic carbocycles. The summed E-state index contributed by atoms with van der Waals surface area (Å²) in [5.74, 6) is -0.800. The van der Waals surface area contributed by atoms with Crippen LogP contribution in [0.3, 0.4) is 0 Å². The van der Waals surface area contributed by atoms with Crippen LogP contribution in [0, 0.1) is 11.6 Å². The number of hydrogen-bond donors (Lipinski definition) is 2. The highest BCUT2D eigenvalue weighted by atomic mass is 19.1. The summed E-state index contributed by atoms with van der Waals surface area (Å²) in [5.41, 5.74) is 3.93. The van der Waals surface area contributed by atoms with Crippen LogP contribution in [-0.2, 0) is 6.42 Å². The summed E-state index contributed by atoms with van der Waals surface area (Å²) in [7, 11) is 1.60. The van der Waals surface area contributed by atoms with Crippen LogP contribution in [-0.4, -0.2) is 29.6 Å². The molecule has 0 fully saturated rings. The summed E-state index contributed by atoms with van der Waals surface area (Å²) in [6.07, 6.45) is 0.658. The van der Waals surface area contributed by atoms with E-state index in [1.807, 2.05) is 42.5 Å². The van der Waals surface area contributed by atoms with E-state index in [0.29, 0.717) is 18.7 Å². The second-order valence-electron chi connectivity index (χ2n) is 7.74. The maximum absolute atomic E-state index is 14.2. The van der Waals surface area contributed by atoms with Crippen LogP contribution in [0.5, 0.6) is 5.75 Å². The van der Waals surface area contributed by atoms with Crippen LogP contribution in [0.2, 0.25) is 0 Å². The predicted molar refractivity (Wildman–Crippen MR) is 119 cm³/mol. The molecule has 2 amide bonds. The van der Waals surface area contributed by atoms with Crippen molar-refractivity contribution < 1.29 is 18.3 Å². The summed E-state index contributed by atoms with van der Waals surface area (Å²) in [5, 5.41) is 3.73. The molecule has 162 valence electrons. The number of H-pyrrole nitrogens is 1. The minimum atomic E-state index is -0.817. The van der Waals surface area contributed by atoms with Crippen LogP contribution < -0.4 is 10.1 Å². The molecule has 5 rings (SSSR count). The predicted octanol–water partition coefficient (Wildman–Crippen LogP) is 5.63. The third kappa shape index (κ3) is 3.45. The second-order valence-corrected chi connectivity index (χ2v) is 7.74. The van der Waals surface area contributed by atoms with Gasteiger partial charge in [-0.1, -0.05) is 30.3 Å². The number of anilines is 1. The third-order valence-corrected chi connectivity index (χ3v) is 5.90. The molecule has 0 bridgehead atoms. The first kappa shape index (κ1) is 20.1. The number of nitrogens with zero attached hydrogens (tertiary/aromatic N) is 1. The maximum atomic E-state index is 14.2. The monoisotopic (exact) mass is 433 g/mol. The van der Waals surface area contributed by atoms with Crippen LogP contribution in [0.15, 0.2) is 66.7 Å². The van der Waals surface area contributed by atoms with Crippen LogP contribution in [0.25, 0.3) is 10.9 Å². The molecule has 4 aromatic rings. The number of carbonyl (C=O) groups is 1. The smallest absolute Gasteiger partial charge is 0.322 e. The third-order valence-electron chi connectivity index (χ3n) is 5.90. The quantitative estimate of drug-likeness (QED) is 0.440. The highest BCUT2D eigenvalue weighted by Gasteiger charge is 2.34. The van der Waals surface area contributed by atoms with Gasteiger partial charge in [-0.2, -0.15) is 0 Å². The highest BCUT2D eigenvalue weighted by molar-refractivity contribution is 5.91. The van der Waals surface area contributed by atoms with Crippen molar-refractivity contribution in [3.63, 3.8) is 0 Å². The number of carbonyl (C=O) groups excluding carboxylic acids is 1. The van der Waals surface area contributed by atoms with Gasteiger partial charge in [0.25, 0.3) is 0 Å². The molecule has 1 aromatic heterocycles. The van der Waals surface area contributed by atoms with Gasteiger partial charge in [-0.3, -0.25) is 0 Å². The molecule has 7 heteroatoms. The number of para-hydroxylation sites is 1. The number of aromatic amines is 1. The molecule has 0 spiro atoms. The van der Waals surface area contributed by atoms with Gasteiger partial charge in [0.2, 0.25) is 0 Å². The number of rotatable bonds is 3. The number of benzene rings is 3. The Morgan fingerprint density at radius 1 is 1.09 bits per heavy atom. The van der Waals surface area contributed by atoms with Crippen molar-refractivity contribution in [2.75, 3.05) is 19.0 Å². The second kappa shape index (κ2) is 8.00. The van der Waals surface area contributed by atoms with E-state index in [9.17, 15) is 13.6 Å². The van der Waals surface area contributed by atoms with Crippen molar-refractivity contribution in [1.82, 2.24) is 9.88 Å². The number of halogens is 2. The summed E-state index contributed by atoms with van der Waals surface area (Å²) >= 11 is 0. The summed E-state index contributed by atoms with van der Waals surface area (Å²) in [6.45, 7) is 0.445. The normalized spacial score (nSPS) is 15.5. The Kier molecular flexibility index (Phi) is 5.01. The molecule has 0 radical (unpaired) electrons. The lowest BCUT2D eigenvalue weighted by Gasteiger charge is -2.36. The Labute approximate surface area is 183 Å². The maximum Gasteiger partial charge on any atom is 0.322 e. The lowest BCUT2D eigenvalue weighted by molar-refractivity contribution is 0.193. The van der Waals surface area contributed by atoms with E-state index in [4.69, 9.17) is 4.74 Å². The zero-order valence-electron chi connectivity index (χ0n) is 17.4. The SMILES string of the molecule is COc1ccc([C@H]2c3[nH]c4ccccc4c3CCN2C(=O)Nc2ccc(F)cc2F)cc1. The van der Waals surface area contributed by atoms with E-state index in [-0.39, 0.29) is 5.69 Å². The fraction of sp³-hybridized carbons (Fsp3) is 0.160. The summed E-state index contributed by atoms with van der Waals surface area (Å²) in [6, 6.07) is 17.8. The fourth-order valence-electron chi connectivity index (χ4n) is 4.37. The van der Waals surface area contributed by atoms with Gasteiger partial charge in [-0.05, 0) is 47.9 Å². The van der Waals surface area contributed by atoms with Crippen molar-refractivity contribution in [3.05, 3.63) is 95.2 Å². The van der Waals surface area contributed by atoms with E-state index < -0.39 is 23.7 Å². The van der Waals surface area contributed by atoms with Crippen molar-refractivity contribution in [1.29, 1.82) is 0 Å². The lowest BCUT2D eigenvalue weighted by atomic mass is 9.92. The topological polar surface area (TPSA) is 57.4 Å². The fourth-order valence-corrected chi connectivity index (χ4v) is 4.37. The molecule has 3 aromatic carbocycles. The van der Waals surface area contributed by atoms with Gasteiger partial charge in [0.1, 0.15) is 17.4 Å². The van der Waals surface area contributed by atoms with Gasteiger partial charge in [0.15, 0.2) is 0 Å². The first-order chi connectivity index (χ1) is 15.5. The molecular weight excluding hydrogens is 412 g/mol. The molecular formula is C25H21F2N3O2. The molecule has 0 saturated carbocycles. The lowest BCUT2D eigenvalue weighted by Crippen LogP contribution is -2.43. The van der Waals surface area contributed by atoms with Crippen molar-refractivity contribution in [2.24, 2.45) is 0 Å². The Morgan fingerprint density at radius 3 is 2.62 bits per heavy atom. The van der Waals surface area contributed by atoms with Gasteiger partial charge >= 0.3 is 6.03 Å². The minimum Gasteiger partial charge on any atom is -0.497 e. The van der Waals surface area contributed by atoms with Gasteiger partial charge in [0.05, 0.1) is 18.8 Å². The molecule has 0 unspecified atom stereocenters. The van der Waals surface area contributed by atoms with Crippen LogP contribution in [0.1, 0.15) is 22.9 Å². The highest BCUT2D eigenvalue weighted by Crippen LogP contribution is 2.39. The Bertz CT molecular complexity index is 1300. The van der Waals surface area contributed by atoms with Crippen molar-refractivity contribution in [2.45, 2.75) is 12.5 Å². The number of urea groups is 1. The Balaban J connectivity index is 1.56. The van der Waals surface area contributed by atoms with E-state index in [2.05, 4.69) is 16.4 Å². The molecule has 1 atom stereocenters. The zero-order valence-corrected chi connectivity index (χ0v) is 17.4. The number of nitrogens with one attached hydrogen (secondary N) is 2. The standard InChI is InChI=1S/C25H21F2N3O2/c1-32-17-9-6-15(7-10-17)24-23-19(18-4-2-3-5-21(18)28-23)12-13-30(24)25(31)29-22-11-8-16(26)14-20(22)27/h2-11,14,24,28H,12-13H2,1H3,(H,29,31)/t24-/m0/s1. The van der Waals surface area contributed by atoms with Gasteiger partial charge in [-0.15, -0.1) is 0 Å². The number of amides is 2. The first-order valence-corrected chi connectivity index (χ1v) is 10.3. The summed E-state index contributed by atoms with van der Waals surface area (Å²) in [4.78, 5) is 18.4. The van der Waals surface area contributed by atoms with E-state index >= 15 is 0 Å². The number of methoxy groups -OCH3 is 1. The van der Waals surface area contributed by atoms with E-state index in [1.54, 1.807) is 12.0 Å². The first-order valence-electron chi connectivity index (χ1n) is 10.3. The van der Waals surface area contributed by atoms with Crippen molar-refractivity contribution >= 4 is 22.6 Å². The van der Waals surface area contributed by atoms with Crippen LogP contribution in [0.4, 0.5) is 19.3 Å². The van der Waals surface area contributed by atoms with Crippen molar-refractivity contribution in [3.8, 4) is 5.75 Å². The number of hydrogen-bond acceptors (Lipinski definition) is 2. The zero-order chi connectivity index (χ0) is 22.2. The van der Waals surface area contributed by atoms with E-state index in [0.717, 1.165) is 34.3 Å².